The normalized spacial score (nSPS) is 18.1. The SMILES string of the molecule is CCC1(CC)C(=O)N(CC(=O)OCCCCCCc2ccc(F)cc2)C1SC. The predicted octanol–water partition coefficient (Wildman–Crippen LogP) is 4.81. The maximum absolute atomic E-state index is 12.9. The van der Waals surface area contributed by atoms with Gasteiger partial charge in [-0.2, -0.15) is 0 Å². The number of benzene rings is 1. The fourth-order valence-electron chi connectivity index (χ4n) is 3.95. The highest BCUT2D eigenvalue weighted by molar-refractivity contribution is 7.99. The van der Waals surface area contributed by atoms with E-state index in [1.807, 2.05) is 32.2 Å². The van der Waals surface area contributed by atoms with E-state index in [0.29, 0.717) is 6.61 Å². The van der Waals surface area contributed by atoms with Gasteiger partial charge in [-0.3, -0.25) is 9.59 Å². The average Bonchev–Trinajstić information content (AvgIpc) is 2.70. The van der Waals surface area contributed by atoms with Crippen molar-refractivity contribution >= 4 is 23.6 Å². The van der Waals surface area contributed by atoms with Gasteiger partial charge in [-0.25, -0.2) is 4.39 Å². The number of hydrogen-bond acceptors (Lipinski definition) is 4. The second-order valence-electron chi connectivity index (χ2n) is 7.40. The van der Waals surface area contributed by atoms with Gasteiger partial charge in [0, 0.05) is 0 Å². The van der Waals surface area contributed by atoms with Gasteiger partial charge >= 0.3 is 5.97 Å². The van der Waals surface area contributed by atoms with E-state index >= 15 is 0 Å². The summed E-state index contributed by atoms with van der Waals surface area (Å²) in [5.74, 6) is -0.446. The number of carbonyl (C=O) groups is 2. The number of hydrogen-bond donors (Lipinski definition) is 0. The highest BCUT2D eigenvalue weighted by Gasteiger charge is 2.58. The monoisotopic (exact) mass is 409 g/mol. The van der Waals surface area contributed by atoms with Crippen molar-refractivity contribution in [3.63, 3.8) is 0 Å². The molecule has 0 radical (unpaired) electrons. The van der Waals surface area contributed by atoms with E-state index < -0.39 is 0 Å². The molecule has 4 nitrogen and oxygen atoms in total. The van der Waals surface area contributed by atoms with Crippen molar-refractivity contribution in [1.82, 2.24) is 4.90 Å². The third kappa shape index (κ3) is 5.28. The van der Waals surface area contributed by atoms with Gasteiger partial charge in [0.15, 0.2) is 0 Å². The molecule has 1 unspecified atom stereocenters. The fourth-order valence-corrected chi connectivity index (χ4v) is 5.26. The standard InChI is InChI=1S/C22H32FNO3S/c1-4-22(5-2)20(26)24(21(22)28-3)16-19(25)27-15-9-7-6-8-10-17-11-13-18(23)14-12-17/h11-14,21H,4-10,15-16H2,1-3H3. The Balaban J connectivity index is 1.59. The molecule has 1 aromatic rings. The van der Waals surface area contributed by atoms with Crippen LogP contribution in [0, 0.1) is 11.2 Å². The lowest BCUT2D eigenvalue weighted by atomic mass is 9.73. The third-order valence-corrected chi connectivity index (χ3v) is 6.92. The zero-order valence-corrected chi connectivity index (χ0v) is 18.0. The maximum Gasteiger partial charge on any atom is 0.325 e. The van der Waals surface area contributed by atoms with Crippen LogP contribution >= 0.6 is 11.8 Å². The quantitative estimate of drug-likeness (QED) is 0.282. The van der Waals surface area contributed by atoms with Crippen LogP contribution < -0.4 is 0 Å². The van der Waals surface area contributed by atoms with Crippen LogP contribution in [-0.4, -0.2) is 41.6 Å². The van der Waals surface area contributed by atoms with Gasteiger partial charge in [0.1, 0.15) is 12.4 Å². The lowest BCUT2D eigenvalue weighted by Crippen LogP contribution is -2.68. The topological polar surface area (TPSA) is 46.6 Å². The van der Waals surface area contributed by atoms with E-state index in [4.69, 9.17) is 4.74 Å². The fraction of sp³-hybridized carbons (Fsp3) is 0.636. The van der Waals surface area contributed by atoms with E-state index in [1.165, 1.54) is 12.1 Å². The van der Waals surface area contributed by atoms with Gasteiger partial charge in [-0.1, -0.05) is 38.8 Å². The molecule has 2 rings (SSSR count). The number of amides is 1. The van der Waals surface area contributed by atoms with Gasteiger partial charge in [-0.05, 0) is 56.1 Å². The summed E-state index contributed by atoms with van der Waals surface area (Å²) in [5.41, 5.74) is 0.829. The minimum atomic E-state index is -0.320. The van der Waals surface area contributed by atoms with E-state index in [0.717, 1.165) is 50.5 Å². The number of likely N-dealkylation sites (tertiary alicyclic amines) is 1. The zero-order chi connectivity index (χ0) is 20.6. The molecule has 1 fully saturated rings. The molecule has 1 aliphatic rings. The van der Waals surface area contributed by atoms with Crippen molar-refractivity contribution in [2.75, 3.05) is 19.4 Å². The number of thioether (sulfide) groups is 1. The summed E-state index contributed by atoms with van der Waals surface area (Å²) >= 11 is 1.63. The minimum absolute atomic E-state index is 0.0522. The Morgan fingerprint density at radius 3 is 2.39 bits per heavy atom. The molecule has 1 heterocycles. The molecule has 0 aliphatic carbocycles. The third-order valence-electron chi connectivity index (χ3n) is 5.76. The smallest absolute Gasteiger partial charge is 0.325 e. The Kier molecular flexibility index (Phi) is 8.80. The van der Waals surface area contributed by atoms with Crippen LogP contribution in [-0.2, 0) is 20.7 Å². The maximum atomic E-state index is 12.9. The Morgan fingerprint density at radius 2 is 1.79 bits per heavy atom. The first-order chi connectivity index (χ1) is 13.5. The first kappa shape index (κ1) is 22.7. The van der Waals surface area contributed by atoms with Crippen LogP contribution in [0.2, 0.25) is 0 Å². The van der Waals surface area contributed by atoms with Crippen molar-refractivity contribution in [2.45, 2.75) is 64.2 Å². The second kappa shape index (κ2) is 10.8. The van der Waals surface area contributed by atoms with Crippen molar-refractivity contribution in [3.8, 4) is 0 Å². The lowest BCUT2D eigenvalue weighted by molar-refractivity contribution is -0.171. The van der Waals surface area contributed by atoms with Crippen LogP contribution in [0.1, 0.15) is 57.9 Å². The van der Waals surface area contributed by atoms with Crippen LogP contribution in [0.25, 0.3) is 0 Å². The average molecular weight is 410 g/mol. The van der Waals surface area contributed by atoms with Gasteiger partial charge in [0.05, 0.1) is 17.4 Å². The summed E-state index contributed by atoms with van der Waals surface area (Å²) in [7, 11) is 0. The number of carbonyl (C=O) groups excluding carboxylic acids is 2. The first-order valence-corrected chi connectivity index (χ1v) is 11.5. The highest BCUT2D eigenvalue weighted by Crippen LogP contribution is 2.49. The second-order valence-corrected chi connectivity index (χ2v) is 8.31. The van der Waals surface area contributed by atoms with Crippen LogP contribution in [0.15, 0.2) is 24.3 Å². The van der Waals surface area contributed by atoms with Crippen molar-refractivity contribution in [1.29, 1.82) is 0 Å². The van der Waals surface area contributed by atoms with Crippen LogP contribution in [0.5, 0.6) is 0 Å². The predicted molar refractivity (Wildman–Crippen MR) is 112 cm³/mol. The number of ether oxygens (including phenoxy) is 1. The molecule has 1 aromatic carbocycles. The molecule has 1 atom stereocenters. The molecule has 0 saturated carbocycles. The molecule has 0 spiro atoms. The summed E-state index contributed by atoms with van der Waals surface area (Å²) in [4.78, 5) is 26.3. The summed E-state index contributed by atoms with van der Waals surface area (Å²) in [5, 5.41) is 0.0639. The van der Waals surface area contributed by atoms with E-state index in [-0.39, 0.29) is 35.0 Å². The molecule has 156 valence electrons. The van der Waals surface area contributed by atoms with E-state index in [2.05, 4.69) is 0 Å². The number of halogens is 1. The Labute approximate surface area is 172 Å². The molecule has 28 heavy (non-hydrogen) atoms. The molecule has 0 bridgehead atoms. The van der Waals surface area contributed by atoms with Gasteiger partial charge < -0.3 is 9.64 Å². The molecule has 1 aliphatic heterocycles. The van der Waals surface area contributed by atoms with Crippen LogP contribution in [0.4, 0.5) is 4.39 Å². The number of aryl methyl sites for hydroxylation is 1. The molecular weight excluding hydrogens is 377 g/mol. The van der Waals surface area contributed by atoms with Gasteiger partial charge in [0.2, 0.25) is 5.91 Å². The molecular formula is C22H32FNO3S. The Hall–Kier alpha value is -1.56. The number of esters is 1. The number of unbranched alkanes of at least 4 members (excludes halogenated alkanes) is 3. The van der Waals surface area contributed by atoms with E-state index in [9.17, 15) is 14.0 Å². The molecule has 1 amide bonds. The van der Waals surface area contributed by atoms with Crippen LogP contribution in [0.3, 0.4) is 0 Å². The summed E-state index contributed by atoms with van der Waals surface area (Å²) < 4.78 is 18.2. The number of nitrogens with zero attached hydrogens (tertiary/aromatic N) is 1. The Bertz CT molecular complexity index is 646. The number of β-lactam (4-membered cyclic amide) rings is 1. The molecule has 6 heteroatoms. The molecule has 0 N–H and O–H groups in total. The first-order valence-electron chi connectivity index (χ1n) is 10.2. The van der Waals surface area contributed by atoms with Gasteiger partial charge in [-0.15, -0.1) is 11.8 Å². The Morgan fingerprint density at radius 1 is 1.14 bits per heavy atom. The summed E-state index contributed by atoms with van der Waals surface area (Å²) in [6, 6.07) is 6.62. The number of rotatable bonds is 12. The van der Waals surface area contributed by atoms with Crippen molar-refractivity contribution in [3.05, 3.63) is 35.6 Å². The summed E-state index contributed by atoms with van der Waals surface area (Å²) in [6.45, 7) is 4.53. The highest BCUT2D eigenvalue weighted by atomic mass is 32.2. The lowest BCUT2D eigenvalue weighted by Gasteiger charge is -2.54. The molecule has 1 saturated heterocycles. The minimum Gasteiger partial charge on any atom is -0.464 e. The zero-order valence-electron chi connectivity index (χ0n) is 17.2. The van der Waals surface area contributed by atoms with Crippen molar-refractivity contribution in [2.24, 2.45) is 5.41 Å². The van der Waals surface area contributed by atoms with Crippen molar-refractivity contribution < 1.29 is 18.7 Å². The van der Waals surface area contributed by atoms with Gasteiger partial charge in [0.25, 0.3) is 0 Å². The summed E-state index contributed by atoms with van der Waals surface area (Å²) in [6.07, 6.45) is 8.42. The molecule has 0 aromatic heterocycles. The van der Waals surface area contributed by atoms with E-state index in [1.54, 1.807) is 16.7 Å². The largest absolute Gasteiger partial charge is 0.464 e.